The quantitative estimate of drug-likeness (QED) is 0.737. The number of halogens is 2. The molecule has 2 rings (SSSR count). The summed E-state index contributed by atoms with van der Waals surface area (Å²) < 4.78 is 5.57. The Hall–Kier alpha value is -1.71. The molecule has 128 valence electrons. The van der Waals surface area contributed by atoms with E-state index in [1.807, 2.05) is 37.3 Å². The predicted octanol–water partition coefficient (Wildman–Crippen LogP) is 4.68. The third-order valence-electron chi connectivity index (χ3n) is 3.63. The van der Waals surface area contributed by atoms with E-state index in [0.717, 1.165) is 16.9 Å². The Balaban J connectivity index is 1.77. The smallest absolute Gasteiger partial charge is 0.220 e. The van der Waals surface area contributed by atoms with Gasteiger partial charge in [0, 0.05) is 23.0 Å². The highest BCUT2D eigenvalue weighted by atomic mass is 35.5. The number of aryl methyl sites for hydroxylation is 1. The molecule has 3 nitrogen and oxygen atoms in total. The SMILES string of the molecule is CCOc1ccccc1CCC(=O)NCCc1ccc(Cl)cc1Cl. The number of hydrogen-bond acceptors (Lipinski definition) is 2. The number of para-hydroxylation sites is 1. The molecule has 0 aliphatic carbocycles. The second kappa shape index (κ2) is 9.55. The first-order valence-corrected chi connectivity index (χ1v) is 8.77. The van der Waals surface area contributed by atoms with Crippen molar-refractivity contribution < 1.29 is 9.53 Å². The van der Waals surface area contributed by atoms with Crippen LogP contribution >= 0.6 is 23.2 Å². The molecule has 0 bridgehead atoms. The van der Waals surface area contributed by atoms with Crippen molar-refractivity contribution in [3.8, 4) is 5.75 Å². The van der Waals surface area contributed by atoms with Gasteiger partial charge in [-0.25, -0.2) is 0 Å². The summed E-state index contributed by atoms with van der Waals surface area (Å²) in [5, 5.41) is 4.16. The maximum absolute atomic E-state index is 12.0. The number of benzene rings is 2. The van der Waals surface area contributed by atoms with Crippen LogP contribution in [0.15, 0.2) is 42.5 Å². The molecule has 1 amide bonds. The molecule has 24 heavy (non-hydrogen) atoms. The van der Waals surface area contributed by atoms with Crippen LogP contribution in [0.25, 0.3) is 0 Å². The summed E-state index contributed by atoms with van der Waals surface area (Å²) in [5.41, 5.74) is 2.03. The minimum absolute atomic E-state index is 0.0198. The van der Waals surface area contributed by atoms with Gasteiger partial charge in [0.05, 0.1) is 6.61 Å². The van der Waals surface area contributed by atoms with Gasteiger partial charge in [-0.1, -0.05) is 47.5 Å². The molecule has 0 atom stereocenters. The molecule has 0 spiro atoms. The molecular formula is C19H21Cl2NO2. The maximum atomic E-state index is 12.0. The van der Waals surface area contributed by atoms with E-state index in [9.17, 15) is 4.79 Å². The molecule has 5 heteroatoms. The molecule has 0 saturated carbocycles. The van der Waals surface area contributed by atoms with Crippen LogP contribution in [0.2, 0.25) is 10.0 Å². The average Bonchev–Trinajstić information content (AvgIpc) is 2.56. The van der Waals surface area contributed by atoms with Crippen LogP contribution < -0.4 is 10.1 Å². The van der Waals surface area contributed by atoms with Crippen molar-refractivity contribution in [2.45, 2.75) is 26.2 Å². The molecule has 0 heterocycles. The standard InChI is InChI=1S/C19H21Cl2NO2/c1-2-24-18-6-4-3-5-15(18)8-10-19(23)22-12-11-14-7-9-16(20)13-17(14)21/h3-7,9,13H,2,8,10-12H2,1H3,(H,22,23). The summed E-state index contributed by atoms with van der Waals surface area (Å²) in [6.07, 6.45) is 1.76. The van der Waals surface area contributed by atoms with Gasteiger partial charge < -0.3 is 10.1 Å². The Kier molecular flexibility index (Phi) is 7.41. The Labute approximate surface area is 152 Å². The number of carbonyl (C=O) groups is 1. The molecule has 0 unspecified atom stereocenters. The molecular weight excluding hydrogens is 345 g/mol. The highest BCUT2D eigenvalue weighted by Crippen LogP contribution is 2.21. The second-order valence-corrected chi connectivity index (χ2v) is 6.22. The van der Waals surface area contributed by atoms with Gasteiger partial charge >= 0.3 is 0 Å². The minimum atomic E-state index is 0.0198. The fraction of sp³-hybridized carbons (Fsp3) is 0.316. The summed E-state index contributed by atoms with van der Waals surface area (Å²) in [7, 11) is 0. The van der Waals surface area contributed by atoms with Crippen molar-refractivity contribution in [2.24, 2.45) is 0 Å². The Bertz CT molecular complexity index is 689. The van der Waals surface area contributed by atoms with Crippen LogP contribution in [0, 0.1) is 0 Å². The number of carbonyl (C=O) groups excluding carboxylic acids is 1. The zero-order valence-electron chi connectivity index (χ0n) is 13.6. The summed E-state index contributed by atoms with van der Waals surface area (Å²) in [6.45, 7) is 3.11. The lowest BCUT2D eigenvalue weighted by atomic mass is 10.1. The molecule has 2 aromatic rings. The van der Waals surface area contributed by atoms with E-state index in [2.05, 4.69) is 5.32 Å². The lowest BCUT2D eigenvalue weighted by molar-refractivity contribution is -0.121. The number of hydrogen-bond donors (Lipinski definition) is 1. The van der Waals surface area contributed by atoms with Crippen LogP contribution in [0.4, 0.5) is 0 Å². The Morgan fingerprint density at radius 3 is 2.62 bits per heavy atom. The minimum Gasteiger partial charge on any atom is -0.494 e. The highest BCUT2D eigenvalue weighted by Gasteiger charge is 2.07. The van der Waals surface area contributed by atoms with Gasteiger partial charge in [0.15, 0.2) is 0 Å². The van der Waals surface area contributed by atoms with Gasteiger partial charge in [-0.05, 0) is 49.1 Å². The monoisotopic (exact) mass is 365 g/mol. The van der Waals surface area contributed by atoms with Crippen LogP contribution in [0.3, 0.4) is 0 Å². The van der Waals surface area contributed by atoms with Crippen LogP contribution in [-0.4, -0.2) is 19.1 Å². The van der Waals surface area contributed by atoms with Crippen molar-refractivity contribution in [1.29, 1.82) is 0 Å². The summed E-state index contributed by atoms with van der Waals surface area (Å²) in [4.78, 5) is 12.0. The third-order valence-corrected chi connectivity index (χ3v) is 4.21. The lowest BCUT2D eigenvalue weighted by Gasteiger charge is -2.10. The first kappa shape index (κ1) is 18.6. The van der Waals surface area contributed by atoms with Crippen molar-refractivity contribution in [1.82, 2.24) is 5.32 Å². The van der Waals surface area contributed by atoms with Crippen molar-refractivity contribution in [2.75, 3.05) is 13.2 Å². The lowest BCUT2D eigenvalue weighted by Crippen LogP contribution is -2.26. The number of ether oxygens (including phenoxy) is 1. The topological polar surface area (TPSA) is 38.3 Å². The zero-order valence-corrected chi connectivity index (χ0v) is 15.2. The molecule has 0 radical (unpaired) electrons. The average molecular weight is 366 g/mol. The van der Waals surface area contributed by atoms with Crippen LogP contribution in [0.1, 0.15) is 24.5 Å². The molecule has 0 aromatic heterocycles. The summed E-state index contributed by atoms with van der Waals surface area (Å²) >= 11 is 12.0. The van der Waals surface area contributed by atoms with Gasteiger partial charge in [-0.15, -0.1) is 0 Å². The third kappa shape index (κ3) is 5.73. The number of rotatable bonds is 8. The normalized spacial score (nSPS) is 10.5. The zero-order chi connectivity index (χ0) is 17.4. The van der Waals surface area contributed by atoms with Crippen LogP contribution in [-0.2, 0) is 17.6 Å². The molecule has 0 aliphatic rings. The fourth-order valence-corrected chi connectivity index (χ4v) is 2.91. The first-order valence-electron chi connectivity index (χ1n) is 8.01. The van der Waals surface area contributed by atoms with Crippen molar-refractivity contribution >= 4 is 29.1 Å². The van der Waals surface area contributed by atoms with Crippen molar-refractivity contribution in [3.05, 3.63) is 63.6 Å². The van der Waals surface area contributed by atoms with Crippen molar-refractivity contribution in [3.63, 3.8) is 0 Å². The maximum Gasteiger partial charge on any atom is 0.220 e. The number of amides is 1. The van der Waals surface area contributed by atoms with E-state index in [4.69, 9.17) is 27.9 Å². The van der Waals surface area contributed by atoms with E-state index in [0.29, 0.717) is 42.5 Å². The van der Waals surface area contributed by atoms with Gasteiger partial charge in [0.25, 0.3) is 0 Å². The highest BCUT2D eigenvalue weighted by molar-refractivity contribution is 6.35. The van der Waals surface area contributed by atoms with E-state index in [-0.39, 0.29) is 5.91 Å². The molecule has 0 fully saturated rings. The van der Waals surface area contributed by atoms with E-state index >= 15 is 0 Å². The Morgan fingerprint density at radius 2 is 1.88 bits per heavy atom. The second-order valence-electron chi connectivity index (χ2n) is 5.38. The number of nitrogens with one attached hydrogen (secondary N) is 1. The van der Waals surface area contributed by atoms with Gasteiger partial charge in [0.2, 0.25) is 5.91 Å². The van der Waals surface area contributed by atoms with Gasteiger partial charge in [0.1, 0.15) is 5.75 Å². The van der Waals surface area contributed by atoms with Gasteiger partial charge in [-0.2, -0.15) is 0 Å². The molecule has 1 N–H and O–H groups in total. The van der Waals surface area contributed by atoms with E-state index in [1.54, 1.807) is 12.1 Å². The van der Waals surface area contributed by atoms with Gasteiger partial charge in [-0.3, -0.25) is 4.79 Å². The van der Waals surface area contributed by atoms with E-state index < -0.39 is 0 Å². The molecule has 2 aromatic carbocycles. The van der Waals surface area contributed by atoms with E-state index in [1.165, 1.54) is 0 Å². The van der Waals surface area contributed by atoms with Crippen LogP contribution in [0.5, 0.6) is 5.75 Å². The predicted molar refractivity (Wildman–Crippen MR) is 99.1 cm³/mol. The summed E-state index contributed by atoms with van der Waals surface area (Å²) in [5.74, 6) is 0.868. The largest absolute Gasteiger partial charge is 0.494 e. The molecule has 0 aliphatic heterocycles. The Morgan fingerprint density at radius 1 is 1.08 bits per heavy atom. The summed E-state index contributed by atoms with van der Waals surface area (Å²) in [6, 6.07) is 13.2. The molecule has 0 saturated heterocycles. The fourth-order valence-electron chi connectivity index (χ4n) is 2.40. The first-order chi connectivity index (χ1) is 11.6.